The lowest BCUT2D eigenvalue weighted by Gasteiger charge is -2.25. The molecule has 1 aliphatic rings. The molecule has 1 aliphatic carbocycles. The van der Waals surface area contributed by atoms with Gasteiger partial charge in [0.05, 0.1) is 13.2 Å². The van der Waals surface area contributed by atoms with E-state index in [1.54, 1.807) is 13.2 Å². The fourth-order valence-corrected chi connectivity index (χ4v) is 2.65. The van der Waals surface area contributed by atoms with E-state index >= 15 is 0 Å². The SMILES string of the molecule is COc1ccc(F)cc1CNCC1CCC(O)CC1. The number of hydrogen-bond acceptors (Lipinski definition) is 3. The van der Waals surface area contributed by atoms with Crippen molar-refractivity contribution in [1.82, 2.24) is 5.32 Å². The molecule has 2 rings (SSSR count). The summed E-state index contributed by atoms with van der Waals surface area (Å²) in [6.45, 7) is 1.52. The molecular weight excluding hydrogens is 245 g/mol. The average Bonchev–Trinajstić information content (AvgIpc) is 2.41. The number of aliphatic hydroxyl groups excluding tert-OH is 1. The highest BCUT2D eigenvalue weighted by Gasteiger charge is 2.18. The van der Waals surface area contributed by atoms with Gasteiger partial charge in [-0.2, -0.15) is 0 Å². The van der Waals surface area contributed by atoms with Crippen molar-refractivity contribution in [2.45, 2.75) is 38.3 Å². The fourth-order valence-electron chi connectivity index (χ4n) is 2.65. The van der Waals surface area contributed by atoms with Gasteiger partial charge in [-0.15, -0.1) is 0 Å². The van der Waals surface area contributed by atoms with Crippen molar-refractivity contribution in [3.63, 3.8) is 0 Å². The first-order valence-corrected chi connectivity index (χ1v) is 6.90. The second-order valence-electron chi connectivity index (χ2n) is 5.26. The summed E-state index contributed by atoms with van der Waals surface area (Å²) in [6, 6.07) is 4.57. The number of halogens is 1. The Labute approximate surface area is 113 Å². The van der Waals surface area contributed by atoms with E-state index in [1.165, 1.54) is 12.1 Å². The highest BCUT2D eigenvalue weighted by molar-refractivity contribution is 5.33. The van der Waals surface area contributed by atoms with E-state index in [9.17, 15) is 9.50 Å². The monoisotopic (exact) mass is 267 g/mol. The van der Waals surface area contributed by atoms with Crippen LogP contribution in [0.5, 0.6) is 5.75 Å². The summed E-state index contributed by atoms with van der Waals surface area (Å²) >= 11 is 0. The Hall–Kier alpha value is -1.13. The third-order valence-electron chi connectivity index (χ3n) is 3.81. The highest BCUT2D eigenvalue weighted by Crippen LogP contribution is 2.24. The summed E-state index contributed by atoms with van der Waals surface area (Å²) in [6.07, 6.45) is 3.81. The molecule has 4 heteroatoms. The molecule has 0 aromatic heterocycles. The summed E-state index contributed by atoms with van der Waals surface area (Å²) in [5.41, 5.74) is 0.846. The van der Waals surface area contributed by atoms with Gasteiger partial charge in [0.15, 0.2) is 0 Å². The first kappa shape index (κ1) is 14.3. The van der Waals surface area contributed by atoms with Crippen LogP contribution in [0.25, 0.3) is 0 Å². The van der Waals surface area contributed by atoms with Crippen LogP contribution in [0.4, 0.5) is 4.39 Å². The number of ether oxygens (including phenoxy) is 1. The zero-order valence-corrected chi connectivity index (χ0v) is 11.4. The lowest BCUT2D eigenvalue weighted by Crippen LogP contribution is -2.27. The molecule has 0 heterocycles. The third-order valence-corrected chi connectivity index (χ3v) is 3.81. The number of benzene rings is 1. The normalized spacial score (nSPS) is 23.3. The number of rotatable bonds is 5. The molecule has 0 aliphatic heterocycles. The summed E-state index contributed by atoms with van der Waals surface area (Å²) in [7, 11) is 1.60. The van der Waals surface area contributed by atoms with Crippen LogP contribution in [0.1, 0.15) is 31.2 Å². The Morgan fingerprint density at radius 3 is 2.74 bits per heavy atom. The van der Waals surface area contributed by atoms with E-state index in [1.807, 2.05) is 0 Å². The summed E-state index contributed by atoms with van der Waals surface area (Å²) in [5.74, 6) is 1.09. The Kier molecular flexibility index (Phi) is 5.16. The minimum Gasteiger partial charge on any atom is -0.496 e. The molecule has 2 N–H and O–H groups in total. The van der Waals surface area contributed by atoms with E-state index in [0.717, 1.165) is 37.8 Å². The second-order valence-corrected chi connectivity index (χ2v) is 5.26. The van der Waals surface area contributed by atoms with E-state index in [0.29, 0.717) is 18.2 Å². The number of hydrogen-bond donors (Lipinski definition) is 2. The molecule has 1 fully saturated rings. The van der Waals surface area contributed by atoms with E-state index in [-0.39, 0.29) is 11.9 Å². The van der Waals surface area contributed by atoms with Crippen molar-refractivity contribution in [2.75, 3.05) is 13.7 Å². The third kappa shape index (κ3) is 4.18. The molecule has 0 amide bonds. The van der Waals surface area contributed by atoms with E-state index in [4.69, 9.17) is 4.74 Å². The van der Waals surface area contributed by atoms with Gasteiger partial charge >= 0.3 is 0 Å². The van der Waals surface area contributed by atoms with Gasteiger partial charge in [0.2, 0.25) is 0 Å². The van der Waals surface area contributed by atoms with Crippen LogP contribution < -0.4 is 10.1 Å². The molecule has 0 radical (unpaired) electrons. The number of methoxy groups -OCH3 is 1. The molecule has 3 nitrogen and oxygen atoms in total. The van der Waals surface area contributed by atoms with Crippen LogP contribution >= 0.6 is 0 Å². The van der Waals surface area contributed by atoms with Crippen molar-refractivity contribution in [3.8, 4) is 5.75 Å². The molecule has 0 saturated heterocycles. The lowest BCUT2D eigenvalue weighted by atomic mass is 9.87. The minimum absolute atomic E-state index is 0.112. The first-order valence-electron chi connectivity index (χ1n) is 6.90. The maximum absolute atomic E-state index is 13.2. The van der Waals surface area contributed by atoms with Gasteiger partial charge < -0.3 is 15.2 Å². The molecule has 0 bridgehead atoms. The zero-order valence-electron chi connectivity index (χ0n) is 11.4. The molecule has 1 saturated carbocycles. The van der Waals surface area contributed by atoms with Gasteiger partial charge in [0.1, 0.15) is 11.6 Å². The Morgan fingerprint density at radius 1 is 1.32 bits per heavy atom. The molecule has 0 atom stereocenters. The largest absolute Gasteiger partial charge is 0.496 e. The average molecular weight is 267 g/mol. The Bertz CT molecular complexity index is 403. The van der Waals surface area contributed by atoms with Crippen LogP contribution in [0.2, 0.25) is 0 Å². The summed E-state index contributed by atoms with van der Waals surface area (Å²) < 4.78 is 18.4. The van der Waals surface area contributed by atoms with Gasteiger partial charge in [-0.3, -0.25) is 0 Å². The smallest absolute Gasteiger partial charge is 0.123 e. The van der Waals surface area contributed by atoms with Crippen LogP contribution in [-0.2, 0) is 6.54 Å². The van der Waals surface area contributed by atoms with Gasteiger partial charge in [-0.1, -0.05) is 0 Å². The molecule has 0 spiro atoms. The van der Waals surface area contributed by atoms with Crippen molar-refractivity contribution in [2.24, 2.45) is 5.92 Å². The maximum Gasteiger partial charge on any atom is 0.123 e. The number of aliphatic hydroxyl groups is 1. The highest BCUT2D eigenvalue weighted by atomic mass is 19.1. The van der Waals surface area contributed by atoms with Gasteiger partial charge in [0, 0.05) is 12.1 Å². The zero-order chi connectivity index (χ0) is 13.7. The van der Waals surface area contributed by atoms with E-state index in [2.05, 4.69) is 5.32 Å². The van der Waals surface area contributed by atoms with Crippen LogP contribution in [0, 0.1) is 11.7 Å². The summed E-state index contributed by atoms with van der Waals surface area (Å²) in [4.78, 5) is 0. The van der Waals surface area contributed by atoms with Crippen LogP contribution in [-0.4, -0.2) is 24.9 Å². The molecule has 1 aromatic rings. The molecule has 0 unspecified atom stereocenters. The fraction of sp³-hybridized carbons (Fsp3) is 0.600. The summed E-state index contributed by atoms with van der Waals surface area (Å²) in [5, 5.41) is 12.8. The second kappa shape index (κ2) is 6.87. The van der Waals surface area contributed by atoms with Crippen molar-refractivity contribution in [1.29, 1.82) is 0 Å². The van der Waals surface area contributed by atoms with Gasteiger partial charge in [-0.05, 0) is 56.3 Å². The van der Waals surface area contributed by atoms with Crippen molar-refractivity contribution >= 4 is 0 Å². The predicted molar refractivity (Wildman–Crippen MR) is 72.6 cm³/mol. The Morgan fingerprint density at radius 2 is 2.05 bits per heavy atom. The number of nitrogens with one attached hydrogen (secondary N) is 1. The Balaban J connectivity index is 1.80. The topological polar surface area (TPSA) is 41.5 Å². The molecule has 19 heavy (non-hydrogen) atoms. The van der Waals surface area contributed by atoms with Crippen molar-refractivity contribution < 1.29 is 14.2 Å². The predicted octanol–water partition coefficient (Wildman–Crippen LogP) is 2.48. The lowest BCUT2D eigenvalue weighted by molar-refractivity contribution is 0.108. The molecule has 1 aromatic carbocycles. The maximum atomic E-state index is 13.2. The standard InChI is InChI=1S/C15H22FNO2/c1-19-15-7-4-13(16)8-12(15)10-17-9-11-2-5-14(18)6-3-11/h4,7-8,11,14,17-18H,2-3,5-6,9-10H2,1H3. The van der Waals surface area contributed by atoms with Crippen LogP contribution in [0.3, 0.4) is 0 Å². The van der Waals surface area contributed by atoms with Crippen LogP contribution in [0.15, 0.2) is 18.2 Å². The minimum atomic E-state index is -0.238. The van der Waals surface area contributed by atoms with Gasteiger partial charge in [0.25, 0.3) is 0 Å². The van der Waals surface area contributed by atoms with Gasteiger partial charge in [-0.25, -0.2) is 4.39 Å². The quantitative estimate of drug-likeness (QED) is 0.861. The molecular formula is C15H22FNO2. The van der Waals surface area contributed by atoms with E-state index < -0.39 is 0 Å². The molecule has 106 valence electrons. The van der Waals surface area contributed by atoms with Crippen molar-refractivity contribution in [3.05, 3.63) is 29.6 Å². The first-order chi connectivity index (χ1) is 9.19.